The van der Waals surface area contributed by atoms with Gasteiger partial charge in [-0.05, 0) is 68.6 Å². The molecule has 1 saturated carbocycles. The van der Waals surface area contributed by atoms with Gasteiger partial charge in [0.2, 0.25) is 0 Å². The van der Waals surface area contributed by atoms with E-state index in [4.69, 9.17) is 38.9 Å². The Labute approximate surface area is 253 Å². The highest BCUT2D eigenvalue weighted by Crippen LogP contribution is 2.30. The summed E-state index contributed by atoms with van der Waals surface area (Å²) >= 11 is 0. The van der Waals surface area contributed by atoms with Crippen LogP contribution in [-0.2, 0) is 34.9 Å². The van der Waals surface area contributed by atoms with Crippen molar-refractivity contribution in [2.24, 2.45) is 17.6 Å². The summed E-state index contributed by atoms with van der Waals surface area (Å²) in [5, 5.41) is 0. The molecule has 0 bridgehead atoms. The topological polar surface area (TPSA) is 159 Å². The minimum atomic E-state index is -1.09. The Kier molecular flexibility index (Phi) is 15.7. The SMILES string of the molecule is CCC(C)COC(=O)Oc1ccc(C[C@H](N)C(=O)O[C@@H](C)COC(=O)OC2CCCCC2)cc1OC(=O)OCC(C)CC. The molecule has 2 N–H and O–H groups in total. The smallest absolute Gasteiger partial charge is 0.458 e. The van der Waals surface area contributed by atoms with E-state index in [0.29, 0.717) is 5.56 Å². The van der Waals surface area contributed by atoms with Gasteiger partial charge in [0.05, 0.1) is 13.2 Å². The van der Waals surface area contributed by atoms with Crippen molar-refractivity contribution >= 4 is 24.4 Å². The monoisotopic (exact) mass is 609 g/mol. The van der Waals surface area contributed by atoms with E-state index in [-0.39, 0.29) is 55.7 Å². The zero-order valence-corrected chi connectivity index (χ0v) is 26.0. The maximum Gasteiger partial charge on any atom is 0.513 e. The lowest BCUT2D eigenvalue weighted by Gasteiger charge is -2.22. The van der Waals surface area contributed by atoms with Crippen molar-refractivity contribution in [2.75, 3.05) is 19.8 Å². The number of benzene rings is 1. The summed E-state index contributed by atoms with van der Waals surface area (Å²) in [6.45, 7) is 9.50. The number of carbonyl (C=O) groups is 4. The predicted octanol–water partition coefficient (Wildman–Crippen LogP) is 6.10. The summed E-state index contributed by atoms with van der Waals surface area (Å²) < 4.78 is 36.6. The van der Waals surface area contributed by atoms with Crippen molar-refractivity contribution in [1.82, 2.24) is 0 Å². The van der Waals surface area contributed by atoms with E-state index >= 15 is 0 Å². The van der Waals surface area contributed by atoms with Crippen LogP contribution in [0.4, 0.5) is 14.4 Å². The van der Waals surface area contributed by atoms with E-state index in [2.05, 4.69) is 0 Å². The molecular weight excluding hydrogens is 562 g/mol. The number of esters is 1. The lowest BCUT2D eigenvalue weighted by atomic mass is 9.98. The summed E-state index contributed by atoms with van der Waals surface area (Å²) in [4.78, 5) is 49.2. The molecular formula is C31H47NO11. The molecule has 1 aliphatic rings. The Balaban J connectivity index is 1.97. The Morgan fingerprint density at radius 3 is 1.93 bits per heavy atom. The van der Waals surface area contributed by atoms with Crippen LogP contribution in [-0.4, -0.2) is 62.5 Å². The summed E-state index contributed by atoms with van der Waals surface area (Å²) in [5.74, 6) is -0.621. The van der Waals surface area contributed by atoms with Crippen LogP contribution >= 0.6 is 0 Å². The first-order valence-corrected chi connectivity index (χ1v) is 15.1. The van der Waals surface area contributed by atoms with Crippen molar-refractivity contribution in [3.8, 4) is 11.5 Å². The predicted molar refractivity (Wildman–Crippen MR) is 156 cm³/mol. The molecule has 12 heteroatoms. The third kappa shape index (κ3) is 14.0. The van der Waals surface area contributed by atoms with Crippen LogP contribution in [0.1, 0.15) is 85.1 Å². The van der Waals surface area contributed by atoms with Crippen LogP contribution in [0.15, 0.2) is 18.2 Å². The third-order valence-electron chi connectivity index (χ3n) is 7.09. The van der Waals surface area contributed by atoms with Crippen LogP contribution in [0.3, 0.4) is 0 Å². The van der Waals surface area contributed by atoms with Crippen molar-refractivity contribution in [2.45, 2.75) is 104 Å². The average molecular weight is 610 g/mol. The quantitative estimate of drug-likeness (QED) is 0.139. The van der Waals surface area contributed by atoms with Gasteiger partial charge in [0.25, 0.3) is 0 Å². The summed E-state index contributed by atoms with van der Waals surface area (Å²) in [7, 11) is 0. The Hall–Kier alpha value is -3.54. The minimum Gasteiger partial charge on any atom is -0.458 e. The molecule has 0 heterocycles. The number of ether oxygens (including phenoxy) is 7. The molecule has 0 aliphatic heterocycles. The van der Waals surface area contributed by atoms with Gasteiger partial charge in [-0.1, -0.05) is 53.0 Å². The highest BCUT2D eigenvalue weighted by molar-refractivity contribution is 5.76. The zero-order valence-electron chi connectivity index (χ0n) is 26.0. The fourth-order valence-electron chi connectivity index (χ4n) is 3.93. The van der Waals surface area contributed by atoms with E-state index in [1.807, 2.05) is 27.7 Å². The van der Waals surface area contributed by atoms with Gasteiger partial charge in [0, 0.05) is 0 Å². The summed E-state index contributed by atoms with van der Waals surface area (Å²) in [6, 6.07) is 3.30. The van der Waals surface area contributed by atoms with Gasteiger partial charge < -0.3 is 38.9 Å². The van der Waals surface area contributed by atoms with E-state index in [1.165, 1.54) is 12.1 Å². The first-order chi connectivity index (χ1) is 20.5. The minimum absolute atomic E-state index is 0.00709. The number of hydrogen-bond acceptors (Lipinski definition) is 12. The van der Waals surface area contributed by atoms with Crippen molar-refractivity contribution in [3.05, 3.63) is 23.8 Å². The van der Waals surface area contributed by atoms with Crippen LogP contribution in [0.5, 0.6) is 11.5 Å². The molecule has 1 aromatic rings. The van der Waals surface area contributed by atoms with Crippen LogP contribution in [0.25, 0.3) is 0 Å². The van der Waals surface area contributed by atoms with Gasteiger partial charge in [-0.2, -0.15) is 0 Å². The fraction of sp³-hybridized carbons (Fsp3) is 0.677. The summed E-state index contributed by atoms with van der Waals surface area (Å²) in [6.07, 6.45) is 2.80. The summed E-state index contributed by atoms with van der Waals surface area (Å²) in [5.41, 5.74) is 6.57. The second kappa shape index (κ2) is 18.9. The lowest BCUT2D eigenvalue weighted by Crippen LogP contribution is -2.37. The molecule has 1 fully saturated rings. The number of hydrogen-bond donors (Lipinski definition) is 1. The molecule has 242 valence electrons. The molecule has 0 amide bonds. The Bertz CT molecular complexity index is 1040. The van der Waals surface area contributed by atoms with E-state index in [1.54, 1.807) is 13.0 Å². The highest BCUT2D eigenvalue weighted by atomic mass is 16.7. The molecule has 12 nitrogen and oxygen atoms in total. The van der Waals surface area contributed by atoms with Crippen LogP contribution in [0.2, 0.25) is 0 Å². The molecule has 2 unspecified atom stereocenters. The second-order valence-electron chi connectivity index (χ2n) is 11.1. The molecule has 0 aromatic heterocycles. The first-order valence-electron chi connectivity index (χ1n) is 15.1. The molecule has 0 saturated heterocycles. The Morgan fingerprint density at radius 2 is 1.35 bits per heavy atom. The second-order valence-corrected chi connectivity index (χ2v) is 11.1. The van der Waals surface area contributed by atoms with Crippen molar-refractivity contribution in [1.29, 1.82) is 0 Å². The third-order valence-corrected chi connectivity index (χ3v) is 7.09. The maximum absolute atomic E-state index is 12.6. The number of rotatable bonds is 15. The number of nitrogens with two attached hydrogens (primary N) is 1. The first kappa shape index (κ1) is 35.7. The van der Waals surface area contributed by atoms with Gasteiger partial charge in [-0.3, -0.25) is 4.79 Å². The molecule has 2 rings (SSSR count). The molecule has 43 heavy (non-hydrogen) atoms. The molecule has 1 aromatic carbocycles. The fourth-order valence-corrected chi connectivity index (χ4v) is 3.93. The molecule has 0 radical (unpaired) electrons. The molecule has 4 atom stereocenters. The zero-order chi connectivity index (χ0) is 31.8. The van der Waals surface area contributed by atoms with Gasteiger partial charge in [0.1, 0.15) is 24.9 Å². The van der Waals surface area contributed by atoms with Gasteiger partial charge in [-0.15, -0.1) is 0 Å². The van der Waals surface area contributed by atoms with Crippen molar-refractivity contribution < 1.29 is 52.3 Å². The van der Waals surface area contributed by atoms with Crippen LogP contribution < -0.4 is 15.2 Å². The average Bonchev–Trinajstić information content (AvgIpc) is 2.99. The normalized spacial score (nSPS) is 16.1. The van der Waals surface area contributed by atoms with Gasteiger partial charge >= 0.3 is 24.4 Å². The highest BCUT2D eigenvalue weighted by Gasteiger charge is 2.23. The van der Waals surface area contributed by atoms with E-state index < -0.39 is 36.6 Å². The number of carbonyl (C=O) groups excluding carboxylic acids is 4. The van der Waals surface area contributed by atoms with E-state index in [0.717, 1.165) is 44.9 Å². The lowest BCUT2D eigenvalue weighted by molar-refractivity contribution is -0.152. The maximum atomic E-state index is 12.6. The van der Waals surface area contributed by atoms with Crippen molar-refractivity contribution in [3.63, 3.8) is 0 Å². The van der Waals surface area contributed by atoms with Gasteiger partial charge in [0.15, 0.2) is 11.5 Å². The van der Waals surface area contributed by atoms with E-state index in [9.17, 15) is 19.2 Å². The standard InChI is InChI=1S/C31H47NO11/c1-6-20(3)17-37-30(35)42-26-14-13-23(16-27(26)43-31(36)38-18-21(4)7-2)15-25(32)28(33)40-22(5)19-39-29(34)41-24-11-9-8-10-12-24/h13-14,16,20-22,24-25H,6-12,15,17-19,32H2,1-5H3/t20?,21?,22-,25-/m0/s1. The Morgan fingerprint density at radius 1 is 0.791 bits per heavy atom. The van der Waals surface area contributed by atoms with Gasteiger partial charge in [-0.25, -0.2) is 14.4 Å². The molecule has 1 aliphatic carbocycles. The molecule has 0 spiro atoms. The largest absolute Gasteiger partial charge is 0.513 e. The van der Waals surface area contributed by atoms with Crippen LogP contribution in [0, 0.1) is 11.8 Å².